The fraction of sp³-hybridized carbons (Fsp3) is 0.350. The van der Waals surface area contributed by atoms with E-state index in [2.05, 4.69) is 5.43 Å². The molecule has 0 bridgehead atoms. The first-order valence-corrected chi connectivity index (χ1v) is 10.7. The number of rotatable bonds is 7. The van der Waals surface area contributed by atoms with Gasteiger partial charge in [0.2, 0.25) is 0 Å². The number of hydrogen-bond donors (Lipinski definition) is 2. The summed E-state index contributed by atoms with van der Waals surface area (Å²) in [6, 6.07) is 11.4. The zero-order valence-electron chi connectivity index (χ0n) is 15.4. The van der Waals surface area contributed by atoms with Gasteiger partial charge < -0.3 is 4.74 Å². The summed E-state index contributed by atoms with van der Waals surface area (Å²) < 4.78 is 43.8. The number of carbonyl (C=O) groups excluding carboxylic acids is 1. The Morgan fingerprint density at radius 2 is 1.82 bits per heavy atom. The topological polar surface area (TPSA) is 84.5 Å². The maximum atomic E-state index is 13.7. The van der Waals surface area contributed by atoms with Crippen molar-refractivity contribution in [2.75, 3.05) is 6.61 Å². The highest BCUT2D eigenvalue weighted by Crippen LogP contribution is 2.25. The minimum Gasteiger partial charge on any atom is -0.493 e. The molecule has 2 aromatic carbocycles. The van der Waals surface area contributed by atoms with Gasteiger partial charge >= 0.3 is 0 Å². The van der Waals surface area contributed by atoms with E-state index in [4.69, 9.17) is 4.74 Å². The van der Waals surface area contributed by atoms with E-state index in [1.807, 2.05) is 4.83 Å². The molecule has 2 N–H and O–H groups in total. The van der Waals surface area contributed by atoms with Gasteiger partial charge in [0, 0.05) is 5.56 Å². The average Bonchev–Trinajstić information content (AvgIpc) is 2.72. The van der Waals surface area contributed by atoms with Gasteiger partial charge in [-0.1, -0.05) is 37.5 Å². The molecule has 0 aliphatic heterocycles. The van der Waals surface area contributed by atoms with Crippen LogP contribution in [-0.2, 0) is 10.0 Å². The number of benzene rings is 2. The van der Waals surface area contributed by atoms with Gasteiger partial charge in [-0.2, -0.15) is 0 Å². The molecule has 0 atom stereocenters. The fourth-order valence-electron chi connectivity index (χ4n) is 3.20. The van der Waals surface area contributed by atoms with Gasteiger partial charge in [-0.15, -0.1) is 4.83 Å². The summed E-state index contributed by atoms with van der Waals surface area (Å²) in [6.07, 6.45) is 6.02. The molecule has 3 rings (SSSR count). The second kappa shape index (κ2) is 9.16. The van der Waals surface area contributed by atoms with Crippen LogP contribution >= 0.6 is 0 Å². The molecule has 0 radical (unpaired) electrons. The summed E-state index contributed by atoms with van der Waals surface area (Å²) in [6.45, 7) is 0.602. The van der Waals surface area contributed by atoms with E-state index in [0.717, 1.165) is 25.0 Å². The van der Waals surface area contributed by atoms with Crippen LogP contribution in [-0.4, -0.2) is 20.9 Å². The molecule has 2 aromatic rings. The van der Waals surface area contributed by atoms with Crippen molar-refractivity contribution >= 4 is 15.9 Å². The maximum Gasteiger partial charge on any atom is 0.266 e. The summed E-state index contributed by atoms with van der Waals surface area (Å²) >= 11 is 0. The molecular formula is C20H23FN2O4S. The van der Waals surface area contributed by atoms with E-state index in [1.54, 1.807) is 24.3 Å². The monoisotopic (exact) mass is 406 g/mol. The number of sulfonamides is 1. The second-order valence-corrected chi connectivity index (χ2v) is 8.48. The minimum absolute atomic E-state index is 0.234. The lowest BCUT2D eigenvalue weighted by atomic mass is 9.90. The first-order chi connectivity index (χ1) is 13.5. The van der Waals surface area contributed by atoms with Crippen molar-refractivity contribution in [1.82, 2.24) is 10.3 Å². The molecular weight excluding hydrogens is 383 g/mol. The Bertz CT molecular complexity index is 927. The van der Waals surface area contributed by atoms with Gasteiger partial charge in [-0.05, 0) is 49.1 Å². The van der Waals surface area contributed by atoms with Crippen LogP contribution in [0, 0.1) is 11.7 Å². The van der Waals surface area contributed by atoms with E-state index >= 15 is 0 Å². The molecule has 1 aliphatic rings. The third kappa shape index (κ3) is 5.30. The van der Waals surface area contributed by atoms with E-state index in [1.165, 1.54) is 31.4 Å². The van der Waals surface area contributed by atoms with E-state index in [-0.39, 0.29) is 5.56 Å². The molecule has 150 valence electrons. The standard InChI is InChI=1S/C20H23FN2O4S/c21-18-11-4-5-12-19(18)28(25,26)23-22-20(24)16-9-6-10-17(13-16)27-14-15-7-2-1-3-8-15/h4-6,9-13,15,23H,1-3,7-8,14H2,(H,22,24). The average molecular weight is 406 g/mol. The van der Waals surface area contributed by atoms with Crippen molar-refractivity contribution in [3.05, 3.63) is 59.9 Å². The van der Waals surface area contributed by atoms with Crippen molar-refractivity contribution in [3.63, 3.8) is 0 Å². The summed E-state index contributed by atoms with van der Waals surface area (Å²) in [5, 5.41) is 0. The number of amides is 1. The number of hydrogen-bond acceptors (Lipinski definition) is 4. The molecule has 8 heteroatoms. The van der Waals surface area contributed by atoms with Crippen LogP contribution < -0.4 is 15.0 Å². The molecule has 0 aromatic heterocycles. The first kappa shape index (κ1) is 20.3. The third-order valence-electron chi connectivity index (χ3n) is 4.73. The van der Waals surface area contributed by atoms with E-state index in [0.29, 0.717) is 18.3 Å². The number of carbonyl (C=O) groups is 1. The normalized spacial score (nSPS) is 15.2. The van der Waals surface area contributed by atoms with Crippen molar-refractivity contribution in [1.29, 1.82) is 0 Å². The lowest BCUT2D eigenvalue weighted by molar-refractivity contribution is 0.0944. The second-order valence-electron chi connectivity index (χ2n) is 6.83. The van der Waals surface area contributed by atoms with Gasteiger partial charge in [0.15, 0.2) is 0 Å². The number of hydrazine groups is 1. The van der Waals surface area contributed by atoms with Crippen LogP contribution in [0.4, 0.5) is 4.39 Å². The SMILES string of the molecule is O=C(NNS(=O)(=O)c1ccccc1F)c1cccc(OCC2CCCCC2)c1. The highest BCUT2D eigenvalue weighted by molar-refractivity contribution is 7.89. The Labute approximate surface area is 164 Å². The maximum absolute atomic E-state index is 13.7. The first-order valence-electron chi connectivity index (χ1n) is 9.25. The highest BCUT2D eigenvalue weighted by atomic mass is 32.2. The Balaban J connectivity index is 1.59. The van der Waals surface area contributed by atoms with Crippen molar-refractivity contribution in [3.8, 4) is 5.75 Å². The van der Waals surface area contributed by atoms with Gasteiger partial charge in [0.25, 0.3) is 15.9 Å². The van der Waals surface area contributed by atoms with Gasteiger partial charge in [0.1, 0.15) is 16.5 Å². The quantitative estimate of drug-likeness (QED) is 0.690. The van der Waals surface area contributed by atoms with Crippen molar-refractivity contribution in [2.24, 2.45) is 5.92 Å². The smallest absolute Gasteiger partial charge is 0.266 e. The van der Waals surface area contributed by atoms with Gasteiger partial charge in [-0.25, -0.2) is 12.8 Å². The number of ether oxygens (including phenoxy) is 1. The molecule has 1 fully saturated rings. The van der Waals surface area contributed by atoms with Crippen molar-refractivity contribution < 1.29 is 22.3 Å². The largest absolute Gasteiger partial charge is 0.493 e. The molecule has 28 heavy (non-hydrogen) atoms. The molecule has 1 aliphatic carbocycles. The highest BCUT2D eigenvalue weighted by Gasteiger charge is 2.20. The van der Waals surface area contributed by atoms with Crippen molar-refractivity contribution in [2.45, 2.75) is 37.0 Å². The molecule has 1 amide bonds. The summed E-state index contributed by atoms with van der Waals surface area (Å²) in [5.74, 6) is -0.487. The zero-order chi connectivity index (χ0) is 20.0. The molecule has 1 saturated carbocycles. The van der Waals surface area contributed by atoms with E-state index < -0.39 is 26.6 Å². The van der Waals surface area contributed by atoms with Crippen LogP contribution in [0.5, 0.6) is 5.75 Å². The molecule has 0 unspecified atom stereocenters. The Morgan fingerprint density at radius 3 is 2.57 bits per heavy atom. The minimum atomic E-state index is -4.22. The van der Waals surface area contributed by atoms with Crippen LogP contribution in [0.25, 0.3) is 0 Å². The zero-order valence-corrected chi connectivity index (χ0v) is 16.2. The predicted molar refractivity (Wildman–Crippen MR) is 103 cm³/mol. The summed E-state index contributed by atoms with van der Waals surface area (Å²) in [4.78, 5) is 13.6. The number of halogens is 1. The Morgan fingerprint density at radius 1 is 1.07 bits per heavy atom. The lowest BCUT2D eigenvalue weighted by Gasteiger charge is -2.21. The van der Waals surface area contributed by atoms with Gasteiger partial charge in [0.05, 0.1) is 6.61 Å². The summed E-state index contributed by atoms with van der Waals surface area (Å²) in [5.41, 5.74) is 2.33. The van der Waals surface area contributed by atoms with Crippen LogP contribution in [0.3, 0.4) is 0 Å². The third-order valence-corrected chi connectivity index (χ3v) is 6.01. The predicted octanol–water partition coefficient (Wildman–Crippen LogP) is 3.41. The molecule has 6 nitrogen and oxygen atoms in total. The lowest BCUT2D eigenvalue weighted by Crippen LogP contribution is -2.41. The summed E-state index contributed by atoms with van der Waals surface area (Å²) in [7, 11) is -4.22. The fourth-order valence-corrected chi connectivity index (χ4v) is 4.12. The van der Waals surface area contributed by atoms with E-state index in [9.17, 15) is 17.6 Å². The molecule has 0 spiro atoms. The Kier molecular flexibility index (Phi) is 6.64. The number of nitrogens with one attached hydrogen (secondary N) is 2. The molecule has 0 heterocycles. The molecule has 0 saturated heterocycles. The van der Waals surface area contributed by atoms with Crippen LogP contribution in [0.15, 0.2) is 53.4 Å². The van der Waals surface area contributed by atoms with Gasteiger partial charge in [-0.3, -0.25) is 10.2 Å². The van der Waals surface area contributed by atoms with Crippen LogP contribution in [0.1, 0.15) is 42.5 Å². The van der Waals surface area contributed by atoms with Crippen LogP contribution in [0.2, 0.25) is 0 Å². The Hall–Kier alpha value is -2.45.